The van der Waals surface area contributed by atoms with Crippen LogP contribution in [0.1, 0.15) is 0 Å². The van der Waals surface area contributed by atoms with E-state index in [-0.39, 0.29) is 2.84 Å². The Morgan fingerprint density at radius 1 is 1.33 bits per heavy atom. The average molecular weight is 478 g/mol. The molecule has 6 heteroatoms. The van der Waals surface area contributed by atoms with Gasteiger partial charge in [0.15, 0.2) is 2.84 Å². The van der Waals surface area contributed by atoms with Crippen molar-refractivity contribution in [1.82, 2.24) is 0 Å². The molecule has 0 aromatic rings. The lowest BCUT2D eigenvalue weighted by Crippen LogP contribution is -1.79. The molecular weight excluding hydrogens is 474 g/mol. The highest BCUT2D eigenvalue weighted by Gasteiger charge is 1.87. The first-order valence-electron chi connectivity index (χ1n) is 1.77. The summed E-state index contributed by atoms with van der Waals surface area (Å²) in [7, 11) is 0. The Morgan fingerprint density at radius 3 is 1.44 bits per heavy atom. The van der Waals surface area contributed by atoms with Gasteiger partial charge < -0.3 is 0 Å². The predicted molar refractivity (Wildman–Crippen MR) is 65.0 cm³/mol. The number of alkyl halides is 6. The molecule has 0 aliphatic heterocycles. The second-order valence-electron chi connectivity index (χ2n) is 0.793. The summed E-state index contributed by atoms with van der Waals surface area (Å²) in [5.41, 5.74) is 0. The summed E-state index contributed by atoms with van der Waals surface area (Å²) in [6.45, 7) is 0. The largest absolute Gasteiger partial charge is 0.158 e. The first-order chi connectivity index (χ1) is 4.00. The normalized spacial score (nSPS) is 9.33. The lowest BCUT2D eigenvalue weighted by Gasteiger charge is -1.83. The van der Waals surface area contributed by atoms with E-state index in [0.29, 0.717) is 3.74 Å². The average Bonchev–Trinajstić information content (AvgIpc) is 1.65. The highest BCUT2D eigenvalue weighted by Crippen LogP contribution is 2.09. The van der Waals surface area contributed by atoms with Crippen molar-refractivity contribution in [3.63, 3.8) is 0 Å². The van der Waals surface area contributed by atoms with Crippen molar-refractivity contribution in [2.75, 3.05) is 5.33 Å². The van der Waals surface area contributed by atoms with Gasteiger partial charge in [0, 0.05) is 5.33 Å². The van der Waals surface area contributed by atoms with Gasteiger partial charge in [-0.25, -0.2) is 0 Å². The van der Waals surface area contributed by atoms with E-state index in [1.54, 1.807) is 0 Å². The molecule has 0 spiro atoms. The molecule has 0 bridgehead atoms. The predicted octanol–water partition coefficient (Wildman–Crippen LogP) is 4.68. The van der Waals surface area contributed by atoms with E-state index in [0.717, 1.165) is 5.33 Å². The van der Waals surface area contributed by atoms with Crippen LogP contribution in [0.3, 0.4) is 0 Å². The summed E-state index contributed by atoms with van der Waals surface area (Å²) in [5, 5.41) is 0.951. The third-order valence-electron chi connectivity index (χ3n) is 0.117. The second-order valence-corrected chi connectivity index (χ2v) is 8.69. The van der Waals surface area contributed by atoms with Gasteiger partial charge in [-0.1, -0.05) is 71.0 Å². The molecule has 0 aromatic heterocycles. The number of halogens is 6. The molecule has 9 heavy (non-hydrogen) atoms. The molecule has 0 saturated carbocycles. The molecule has 0 unspecified atom stereocenters. The van der Waals surface area contributed by atoms with Gasteiger partial charge in [-0.15, -0.1) is 0 Å². The molecular formula is C3H4Br3Cl2I. The van der Waals surface area contributed by atoms with E-state index in [1.807, 2.05) is 22.6 Å². The minimum Gasteiger partial charge on any atom is -0.0936 e. The zero-order valence-electron chi connectivity index (χ0n) is 4.13. The third-order valence-corrected chi connectivity index (χ3v) is 3.15. The van der Waals surface area contributed by atoms with Gasteiger partial charge >= 0.3 is 0 Å². The summed E-state index contributed by atoms with van der Waals surface area (Å²) in [4.78, 5) is 0. The van der Waals surface area contributed by atoms with E-state index in [4.69, 9.17) is 23.2 Å². The maximum atomic E-state index is 5.03. The zero-order valence-corrected chi connectivity index (χ0v) is 12.6. The first kappa shape index (κ1) is 14.3. The van der Waals surface area contributed by atoms with Crippen LogP contribution in [0.2, 0.25) is 0 Å². The molecule has 0 aliphatic rings. The van der Waals surface area contributed by atoms with Crippen LogP contribution in [0.5, 0.6) is 0 Å². The lowest BCUT2D eigenvalue weighted by atomic mass is 11.0. The SMILES string of the molecule is BrCC(Br)Br.ClC(Cl)I. The Kier molecular flexibility index (Phi) is 17.1. The highest BCUT2D eigenvalue weighted by atomic mass is 127. The van der Waals surface area contributed by atoms with E-state index >= 15 is 0 Å². The lowest BCUT2D eigenvalue weighted by molar-refractivity contribution is 1.54. The van der Waals surface area contributed by atoms with Gasteiger partial charge in [-0.05, 0) is 22.6 Å². The smallest absolute Gasteiger partial charge is 0.0936 e. The molecule has 0 rings (SSSR count). The van der Waals surface area contributed by atoms with Crippen molar-refractivity contribution < 1.29 is 0 Å². The van der Waals surface area contributed by atoms with Crippen LogP contribution in [-0.2, 0) is 0 Å². The highest BCUT2D eigenvalue weighted by molar-refractivity contribution is 14.1. The van der Waals surface area contributed by atoms with Crippen LogP contribution in [-0.4, -0.2) is 11.9 Å². The van der Waals surface area contributed by atoms with E-state index in [1.165, 1.54) is 0 Å². The summed E-state index contributed by atoms with van der Waals surface area (Å²) >= 11 is 21.6. The van der Waals surface area contributed by atoms with Crippen molar-refractivity contribution in [3.05, 3.63) is 0 Å². The van der Waals surface area contributed by atoms with Crippen molar-refractivity contribution in [2.24, 2.45) is 0 Å². The van der Waals surface area contributed by atoms with E-state index in [9.17, 15) is 0 Å². The van der Waals surface area contributed by atoms with Crippen LogP contribution < -0.4 is 0 Å². The Labute approximate surface area is 104 Å². The number of hydrogen-bond acceptors (Lipinski definition) is 0. The minimum atomic E-state index is -0.252. The molecule has 0 atom stereocenters. The van der Waals surface area contributed by atoms with Gasteiger partial charge in [0.2, 0.25) is 0 Å². The van der Waals surface area contributed by atoms with Gasteiger partial charge in [-0.3, -0.25) is 0 Å². The molecule has 0 amide bonds. The summed E-state index contributed by atoms with van der Waals surface area (Å²) in [6.07, 6.45) is 0. The summed E-state index contributed by atoms with van der Waals surface area (Å²) < 4.78 is 0.174. The maximum absolute atomic E-state index is 5.03. The van der Waals surface area contributed by atoms with E-state index < -0.39 is 0 Å². The molecule has 0 nitrogen and oxygen atoms in total. The number of hydrogen-bond donors (Lipinski definition) is 0. The molecule has 0 aromatic carbocycles. The fraction of sp³-hybridized carbons (Fsp3) is 1.00. The Hall–Kier alpha value is 2.75. The van der Waals surface area contributed by atoms with Crippen LogP contribution >= 0.6 is 93.6 Å². The quantitative estimate of drug-likeness (QED) is 0.380. The fourth-order valence-corrected chi connectivity index (χ4v) is 0. The van der Waals surface area contributed by atoms with Gasteiger partial charge in [-0.2, -0.15) is 0 Å². The van der Waals surface area contributed by atoms with Crippen molar-refractivity contribution >= 4 is 93.6 Å². The van der Waals surface area contributed by atoms with Gasteiger partial charge in [0.25, 0.3) is 0 Å². The van der Waals surface area contributed by atoms with Crippen molar-refractivity contribution in [3.8, 4) is 0 Å². The van der Waals surface area contributed by atoms with Gasteiger partial charge in [0.1, 0.15) is 0 Å². The number of rotatable bonds is 1. The molecule has 0 N–H and O–H groups in total. The van der Waals surface area contributed by atoms with Gasteiger partial charge in [0.05, 0.1) is 3.74 Å². The Morgan fingerprint density at radius 2 is 1.44 bits per heavy atom. The van der Waals surface area contributed by atoms with Crippen LogP contribution in [0.15, 0.2) is 0 Å². The summed E-state index contributed by atoms with van der Waals surface area (Å²) in [5.74, 6) is 0. The third kappa shape index (κ3) is 36.5. The van der Waals surface area contributed by atoms with Crippen LogP contribution in [0.4, 0.5) is 0 Å². The topological polar surface area (TPSA) is 0 Å². The van der Waals surface area contributed by atoms with Crippen LogP contribution in [0.25, 0.3) is 0 Å². The second kappa shape index (κ2) is 10.8. The molecule has 0 fully saturated rings. The fourth-order valence-electron chi connectivity index (χ4n) is 0. The Bertz CT molecular complexity index is 49.6. The van der Waals surface area contributed by atoms with Crippen LogP contribution in [0, 0.1) is 0 Å². The molecule has 0 heterocycles. The molecule has 0 radical (unpaired) electrons. The maximum Gasteiger partial charge on any atom is 0.158 e. The minimum absolute atomic E-state index is 0.252. The molecule has 58 valence electrons. The zero-order chi connectivity index (χ0) is 7.86. The Balaban J connectivity index is 0. The first-order valence-corrected chi connectivity index (χ1v) is 6.84. The monoisotopic (exact) mass is 474 g/mol. The molecule has 0 aliphatic carbocycles. The van der Waals surface area contributed by atoms with Crippen molar-refractivity contribution in [1.29, 1.82) is 0 Å². The summed E-state index contributed by atoms with van der Waals surface area (Å²) in [6, 6.07) is 0. The standard InChI is InChI=1S/C2H3Br3.CHCl2I/c3-1-2(4)5;2-1(3)4/h2H,1H2;1H. The van der Waals surface area contributed by atoms with E-state index in [2.05, 4.69) is 47.8 Å². The molecule has 0 saturated heterocycles. The van der Waals surface area contributed by atoms with Crippen molar-refractivity contribution in [2.45, 2.75) is 6.58 Å².